The highest BCUT2D eigenvalue weighted by molar-refractivity contribution is 7.11. The molecule has 1 aromatic carbocycles. The van der Waals surface area contributed by atoms with Crippen LogP contribution in [0.5, 0.6) is 0 Å². The second-order valence-electron chi connectivity index (χ2n) is 7.70. The van der Waals surface area contributed by atoms with E-state index in [2.05, 4.69) is 26.4 Å². The summed E-state index contributed by atoms with van der Waals surface area (Å²) in [5.41, 5.74) is 3.90. The number of likely N-dealkylation sites (tertiary alicyclic amines) is 1. The Bertz CT molecular complexity index is 991. The van der Waals surface area contributed by atoms with Gasteiger partial charge in [-0.3, -0.25) is 9.69 Å². The zero-order valence-electron chi connectivity index (χ0n) is 17.2. The van der Waals surface area contributed by atoms with Crippen LogP contribution in [0.1, 0.15) is 40.5 Å². The molecule has 0 spiro atoms. The summed E-state index contributed by atoms with van der Waals surface area (Å²) in [7, 11) is 0. The molecule has 1 aliphatic rings. The lowest BCUT2D eigenvalue weighted by Gasteiger charge is -2.34. The molecule has 0 saturated carbocycles. The number of hydrogen-bond acceptors (Lipinski definition) is 5. The van der Waals surface area contributed by atoms with Crippen molar-refractivity contribution < 1.29 is 4.79 Å². The quantitative estimate of drug-likeness (QED) is 0.684. The predicted molar refractivity (Wildman–Crippen MR) is 117 cm³/mol. The predicted octanol–water partition coefficient (Wildman–Crippen LogP) is 4.25. The molecular weight excluding hydrogens is 382 g/mol. The maximum atomic E-state index is 13.0. The first-order valence-corrected chi connectivity index (χ1v) is 10.9. The van der Waals surface area contributed by atoms with Crippen LogP contribution >= 0.6 is 11.3 Å². The number of thiazole rings is 1. The van der Waals surface area contributed by atoms with E-state index in [1.54, 1.807) is 11.3 Å². The second-order valence-corrected chi connectivity index (χ2v) is 9.02. The fourth-order valence-corrected chi connectivity index (χ4v) is 4.78. The second kappa shape index (κ2) is 8.47. The number of nitrogens with one attached hydrogen (secondary N) is 1. The molecule has 152 valence electrons. The molecule has 7 heteroatoms. The standard InChI is InChI=1S/C22H27N5OS/c1-15-12-16(2)27(25-15)19-9-7-18(8-10-19)24-22(28)21-6-4-5-11-26(21)14-20-13-23-17(3)29-20/h7-10,12-13,21H,4-6,11,14H2,1-3H3,(H,24,28). The van der Waals surface area contributed by atoms with Crippen LogP contribution in [0.3, 0.4) is 0 Å². The minimum atomic E-state index is -0.0955. The Morgan fingerprint density at radius 3 is 2.66 bits per heavy atom. The number of aryl methyl sites for hydroxylation is 3. The highest BCUT2D eigenvalue weighted by Crippen LogP contribution is 2.24. The first-order valence-electron chi connectivity index (χ1n) is 10.1. The van der Waals surface area contributed by atoms with Crippen molar-refractivity contribution in [2.24, 2.45) is 0 Å². The molecule has 1 N–H and O–H groups in total. The zero-order chi connectivity index (χ0) is 20.4. The smallest absolute Gasteiger partial charge is 0.241 e. The largest absolute Gasteiger partial charge is 0.325 e. The van der Waals surface area contributed by atoms with Gasteiger partial charge in [-0.25, -0.2) is 9.67 Å². The molecule has 1 amide bonds. The van der Waals surface area contributed by atoms with Gasteiger partial charge in [-0.15, -0.1) is 11.3 Å². The minimum absolute atomic E-state index is 0.0739. The molecule has 1 aliphatic heterocycles. The fraction of sp³-hybridized carbons (Fsp3) is 0.409. The topological polar surface area (TPSA) is 63.1 Å². The highest BCUT2D eigenvalue weighted by atomic mass is 32.1. The van der Waals surface area contributed by atoms with Gasteiger partial charge in [-0.2, -0.15) is 5.10 Å². The van der Waals surface area contributed by atoms with Crippen LogP contribution in [0, 0.1) is 20.8 Å². The Hall–Kier alpha value is -2.51. The SMILES string of the molecule is Cc1cc(C)n(-c2ccc(NC(=O)C3CCCCN3Cc3cnc(C)s3)cc2)n1. The van der Waals surface area contributed by atoms with Gasteiger partial charge in [0.15, 0.2) is 0 Å². The lowest BCUT2D eigenvalue weighted by atomic mass is 10.0. The Labute approximate surface area is 175 Å². The van der Waals surface area contributed by atoms with Crippen molar-refractivity contribution >= 4 is 22.9 Å². The van der Waals surface area contributed by atoms with E-state index in [4.69, 9.17) is 0 Å². The van der Waals surface area contributed by atoms with Crippen molar-refractivity contribution in [3.8, 4) is 5.69 Å². The van der Waals surface area contributed by atoms with Crippen molar-refractivity contribution in [1.82, 2.24) is 19.7 Å². The van der Waals surface area contributed by atoms with E-state index in [-0.39, 0.29) is 11.9 Å². The molecule has 0 bridgehead atoms. The summed E-state index contributed by atoms with van der Waals surface area (Å²) in [5, 5.41) is 8.69. The molecule has 2 aromatic heterocycles. The Balaban J connectivity index is 1.43. The molecule has 0 aliphatic carbocycles. The van der Waals surface area contributed by atoms with Gasteiger partial charge in [0.2, 0.25) is 5.91 Å². The van der Waals surface area contributed by atoms with Gasteiger partial charge in [0.25, 0.3) is 0 Å². The summed E-state index contributed by atoms with van der Waals surface area (Å²) in [5.74, 6) is 0.0739. The molecule has 1 atom stereocenters. The molecule has 1 unspecified atom stereocenters. The first kappa shape index (κ1) is 19.8. The van der Waals surface area contributed by atoms with Gasteiger partial charge in [0.1, 0.15) is 0 Å². The van der Waals surface area contributed by atoms with Crippen molar-refractivity contribution in [2.45, 2.75) is 52.6 Å². The van der Waals surface area contributed by atoms with Gasteiger partial charge < -0.3 is 5.32 Å². The van der Waals surface area contributed by atoms with E-state index >= 15 is 0 Å². The van der Waals surface area contributed by atoms with Gasteiger partial charge in [0, 0.05) is 29.0 Å². The van der Waals surface area contributed by atoms with Crippen molar-refractivity contribution in [2.75, 3.05) is 11.9 Å². The number of nitrogens with zero attached hydrogens (tertiary/aromatic N) is 4. The van der Waals surface area contributed by atoms with Gasteiger partial charge in [-0.05, 0) is 70.5 Å². The number of aromatic nitrogens is 3. The molecule has 1 saturated heterocycles. The Morgan fingerprint density at radius 1 is 1.21 bits per heavy atom. The third-order valence-electron chi connectivity index (χ3n) is 5.33. The van der Waals surface area contributed by atoms with E-state index in [1.165, 1.54) is 4.88 Å². The average molecular weight is 410 g/mol. The molecule has 3 heterocycles. The normalized spacial score (nSPS) is 17.4. The number of rotatable bonds is 5. The summed E-state index contributed by atoms with van der Waals surface area (Å²) < 4.78 is 1.92. The number of carbonyl (C=O) groups excluding carboxylic acids is 1. The number of carbonyl (C=O) groups is 1. The lowest BCUT2D eigenvalue weighted by molar-refractivity contribution is -0.122. The summed E-state index contributed by atoms with van der Waals surface area (Å²) in [6, 6.07) is 9.84. The number of anilines is 1. The summed E-state index contributed by atoms with van der Waals surface area (Å²) in [6.07, 6.45) is 5.06. The third kappa shape index (κ3) is 4.57. The number of piperidine rings is 1. The van der Waals surface area contributed by atoms with E-state index in [0.717, 1.165) is 60.1 Å². The summed E-state index contributed by atoms with van der Waals surface area (Å²) in [6.45, 7) is 7.79. The van der Waals surface area contributed by atoms with Crippen LogP contribution in [0.2, 0.25) is 0 Å². The monoisotopic (exact) mass is 409 g/mol. The fourth-order valence-electron chi connectivity index (χ4n) is 3.96. The minimum Gasteiger partial charge on any atom is -0.325 e. The van der Waals surface area contributed by atoms with Gasteiger partial charge >= 0.3 is 0 Å². The van der Waals surface area contributed by atoms with Crippen LogP contribution in [-0.4, -0.2) is 38.2 Å². The molecular formula is C22H27N5OS. The van der Waals surface area contributed by atoms with Crippen molar-refractivity contribution in [3.63, 3.8) is 0 Å². The Morgan fingerprint density at radius 2 is 2.00 bits per heavy atom. The van der Waals surface area contributed by atoms with Gasteiger partial charge in [0.05, 0.1) is 22.4 Å². The molecule has 29 heavy (non-hydrogen) atoms. The van der Waals surface area contributed by atoms with E-state index in [1.807, 2.05) is 55.9 Å². The lowest BCUT2D eigenvalue weighted by Crippen LogP contribution is -2.46. The van der Waals surface area contributed by atoms with Crippen LogP contribution in [-0.2, 0) is 11.3 Å². The van der Waals surface area contributed by atoms with Crippen LogP contribution in [0.25, 0.3) is 5.69 Å². The summed E-state index contributed by atoms with van der Waals surface area (Å²) in [4.78, 5) is 20.9. The van der Waals surface area contributed by atoms with Crippen molar-refractivity contribution in [1.29, 1.82) is 0 Å². The molecule has 0 radical (unpaired) electrons. The highest BCUT2D eigenvalue weighted by Gasteiger charge is 2.29. The van der Waals surface area contributed by atoms with Gasteiger partial charge in [-0.1, -0.05) is 6.42 Å². The zero-order valence-corrected chi connectivity index (χ0v) is 18.0. The number of hydrogen-bond donors (Lipinski definition) is 1. The van der Waals surface area contributed by atoms with Crippen LogP contribution in [0.15, 0.2) is 36.5 Å². The van der Waals surface area contributed by atoms with Crippen molar-refractivity contribution in [3.05, 3.63) is 57.8 Å². The molecule has 3 aromatic rings. The van der Waals surface area contributed by atoms with Crippen LogP contribution < -0.4 is 5.32 Å². The molecule has 4 rings (SSSR count). The maximum Gasteiger partial charge on any atom is 0.241 e. The van der Waals surface area contributed by atoms with E-state index in [0.29, 0.717) is 0 Å². The number of amides is 1. The molecule has 6 nitrogen and oxygen atoms in total. The van der Waals surface area contributed by atoms with E-state index in [9.17, 15) is 4.79 Å². The molecule has 1 fully saturated rings. The Kier molecular flexibility index (Phi) is 5.78. The maximum absolute atomic E-state index is 13.0. The first-order chi connectivity index (χ1) is 14.0. The average Bonchev–Trinajstić information content (AvgIpc) is 3.27. The van der Waals surface area contributed by atoms with E-state index < -0.39 is 0 Å². The summed E-state index contributed by atoms with van der Waals surface area (Å²) >= 11 is 1.71. The van der Waals surface area contributed by atoms with Crippen LogP contribution in [0.4, 0.5) is 5.69 Å². The third-order valence-corrected chi connectivity index (χ3v) is 6.23. The number of benzene rings is 1.